The number of rotatable bonds is 7. The number of carbonyl (C=O) groups is 1. The van der Waals surface area contributed by atoms with Gasteiger partial charge in [0.05, 0.1) is 5.69 Å². The van der Waals surface area contributed by atoms with Crippen LogP contribution >= 0.6 is 0 Å². The molecule has 0 saturated carbocycles. The van der Waals surface area contributed by atoms with E-state index >= 15 is 0 Å². The van der Waals surface area contributed by atoms with Crippen molar-refractivity contribution < 1.29 is 4.79 Å². The largest absolute Gasteiger partial charge is 0.343 e. The molecule has 4 rings (SSSR count). The fraction of sp³-hybridized carbons (Fsp3) is 0.615. The Morgan fingerprint density at radius 1 is 1.00 bits per heavy atom. The molecule has 0 N–H and O–H groups in total. The van der Waals surface area contributed by atoms with Gasteiger partial charge in [0, 0.05) is 44.4 Å². The van der Waals surface area contributed by atoms with Gasteiger partial charge in [0.2, 0.25) is 5.91 Å². The molecule has 0 radical (unpaired) electrons. The monoisotopic (exact) mass is 422 g/mol. The Hall–Kier alpha value is -2.14. The average Bonchev–Trinajstić information content (AvgIpc) is 3.39. The number of hydrogen-bond donors (Lipinski definition) is 0. The molecule has 31 heavy (non-hydrogen) atoms. The van der Waals surface area contributed by atoms with E-state index in [2.05, 4.69) is 48.1 Å². The number of aromatic nitrogens is 2. The number of amides is 1. The normalized spacial score (nSPS) is 18.1. The first-order chi connectivity index (χ1) is 15.0. The minimum absolute atomic E-state index is 0.324. The molecular formula is C26H38N4O. The quantitative estimate of drug-likeness (QED) is 0.676. The van der Waals surface area contributed by atoms with Crippen LogP contribution in [0.4, 0.5) is 0 Å². The highest BCUT2D eigenvalue weighted by Crippen LogP contribution is 2.24. The summed E-state index contributed by atoms with van der Waals surface area (Å²) in [5.41, 5.74) is 6.59. The molecule has 0 aliphatic carbocycles. The number of likely N-dealkylation sites (tertiary alicyclic amines) is 2. The summed E-state index contributed by atoms with van der Waals surface area (Å²) in [7, 11) is 2.04. The van der Waals surface area contributed by atoms with Crippen LogP contribution in [0.1, 0.15) is 60.2 Å². The highest BCUT2D eigenvalue weighted by atomic mass is 16.2. The smallest absolute Gasteiger partial charge is 0.222 e. The van der Waals surface area contributed by atoms with Crippen LogP contribution in [-0.2, 0) is 31.2 Å². The lowest BCUT2D eigenvalue weighted by atomic mass is 9.89. The van der Waals surface area contributed by atoms with Crippen LogP contribution in [0.25, 0.3) is 0 Å². The van der Waals surface area contributed by atoms with Gasteiger partial charge in [0.1, 0.15) is 0 Å². The molecule has 0 spiro atoms. The first-order valence-corrected chi connectivity index (χ1v) is 12.1. The third-order valence-electron chi connectivity index (χ3n) is 7.38. The van der Waals surface area contributed by atoms with Crippen molar-refractivity contribution in [3.63, 3.8) is 0 Å². The predicted octanol–water partition coefficient (Wildman–Crippen LogP) is 4.05. The molecule has 2 saturated heterocycles. The lowest BCUT2D eigenvalue weighted by Crippen LogP contribution is -2.34. The summed E-state index contributed by atoms with van der Waals surface area (Å²) >= 11 is 0. The second-order valence-electron chi connectivity index (χ2n) is 9.60. The van der Waals surface area contributed by atoms with E-state index in [1.807, 2.05) is 16.6 Å². The van der Waals surface area contributed by atoms with Crippen molar-refractivity contribution >= 4 is 5.91 Å². The lowest BCUT2D eigenvalue weighted by molar-refractivity contribution is -0.130. The summed E-state index contributed by atoms with van der Waals surface area (Å²) < 4.78 is 2.00. The average molecular weight is 423 g/mol. The van der Waals surface area contributed by atoms with Crippen molar-refractivity contribution in [3.8, 4) is 0 Å². The van der Waals surface area contributed by atoms with Gasteiger partial charge in [-0.3, -0.25) is 14.4 Å². The standard InChI is InChI=1S/C26H38N4O/c1-20-25(21(2)28(3)27-20)19-29-16-12-24(13-17-29)18-23-8-6-22(7-9-23)10-11-26(31)30-14-4-5-15-30/h6-9,24H,4-5,10-19H2,1-3H3. The fourth-order valence-electron chi connectivity index (χ4n) is 5.17. The first kappa shape index (κ1) is 22.1. The van der Waals surface area contributed by atoms with Crippen molar-refractivity contribution in [2.75, 3.05) is 26.2 Å². The van der Waals surface area contributed by atoms with Gasteiger partial charge in [-0.2, -0.15) is 5.10 Å². The molecule has 2 aliphatic rings. The maximum absolute atomic E-state index is 12.2. The van der Waals surface area contributed by atoms with Crippen LogP contribution in [0.3, 0.4) is 0 Å². The summed E-state index contributed by atoms with van der Waals surface area (Å²) in [5, 5.41) is 4.57. The van der Waals surface area contributed by atoms with Gasteiger partial charge in [0.25, 0.3) is 0 Å². The fourth-order valence-corrected chi connectivity index (χ4v) is 5.17. The van der Waals surface area contributed by atoms with Crippen molar-refractivity contribution in [2.24, 2.45) is 13.0 Å². The van der Waals surface area contributed by atoms with Crippen LogP contribution in [0.2, 0.25) is 0 Å². The minimum atomic E-state index is 0.324. The second kappa shape index (κ2) is 9.99. The van der Waals surface area contributed by atoms with Crippen LogP contribution in [0, 0.1) is 19.8 Å². The van der Waals surface area contributed by atoms with E-state index in [0.717, 1.165) is 32.0 Å². The summed E-state index contributed by atoms with van der Waals surface area (Å²) in [6, 6.07) is 9.03. The molecule has 5 heteroatoms. The molecule has 2 aromatic rings. The molecule has 1 amide bonds. The molecule has 2 aliphatic heterocycles. The second-order valence-corrected chi connectivity index (χ2v) is 9.60. The number of nitrogens with zero attached hydrogens (tertiary/aromatic N) is 4. The molecular weight excluding hydrogens is 384 g/mol. The lowest BCUT2D eigenvalue weighted by Gasteiger charge is -2.32. The number of piperidine rings is 1. The van der Waals surface area contributed by atoms with Crippen molar-refractivity contribution in [2.45, 2.75) is 65.3 Å². The third-order valence-corrected chi connectivity index (χ3v) is 7.38. The molecule has 5 nitrogen and oxygen atoms in total. The van der Waals surface area contributed by atoms with Gasteiger partial charge >= 0.3 is 0 Å². The molecule has 2 fully saturated rings. The molecule has 1 aromatic heterocycles. The Morgan fingerprint density at radius 2 is 1.65 bits per heavy atom. The molecule has 0 bridgehead atoms. The van der Waals surface area contributed by atoms with Crippen LogP contribution < -0.4 is 0 Å². The molecule has 1 aromatic carbocycles. The zero-order valence-corrected chi connectivity index (χ0v) is 19.6. The summed E-state index contributed by atoms with van der Waals surface area (Å²) in [4.78, 5) is 16.9. The highest BCUT2D eigenvalue weighted by Gasteiger charge is 2.22. The zero-order chi connectivity index (χ0) is 21.8. The Bertz CT molecular complexity index is 872. The molecule has 3 heterocycles. The van der Waals surface area contributed by atoms with E-state index in [1.54, 1.807) is 0 Å². The number of hydrogen-bond acceptors (Lipinski definition) is 3. The summed E-state index contributed by atoms with van der Waals surface area (Å²) in [6.07, 6.45) is 7.56. The molecule has 168 valence electrons. The minimum Gasteiger partial charge on any atom is -0.343 e. The van der Waals surface area contributed by atoms with Crippen molar-refractivity contribution in [1.82, 2.24) is 19.6 Å². The van der Waals surface area contributed by atoms with E-state index in [0.29, 0.717) is 12.3 Å². The predicted molar refractivity (Wildman–Crippen MR) is 125 cm³/mol. The van der Waals surface area contributed by atoms with Crippen LogP contribution in [0.15, 0.2) is 24.3 Å². The van der Waals surface area contributed by atoms with Gasteiger partial charge in [-0.25, -0.2) is 0 Å². The van der Waals surface area contributed by atoms with E-state index in [9.17, 15) is 4.79 Å². The molecule has 0 unspecified atom stereocenters. The van der Waals surface area contributed by atoms with Gasteiger partial charge < -0.3 is 4.90 Å². The van der Waals surface area contributed by atoms with Gasteiger partial charge in [-0.1, -0.05) is 24.3 Å². The van der Waals surface area contributed by atoms with E-state index in [-0.39, 0.29) is 0 Å². The van der Waals surface area contributed by atoms with Gasteiger partial charge in [-0.05, 0) is 82.5 Å². The van der Waals surface area contributed by atoms with E-state index in [4.69, 9.17) is 0 Å². The first-order valence-electron chi connectivity index (χ1n) is 12.1. The van der Waals surface area contributed by atoms with Crippen molar-refractivity contribution in [1.29, 1.82) is 0 Å². The summed E-state index contributed by atoms with van der Waals surface area (Å²) in [6.45, 7) is 9.60. The number of benzene rings is 1. The Morgan fingerprint density at radius 3 is 2.26 bits per heavy atom. The maximum atomic E-state index is 12.2. The Kier molecular flexibility index (Phi) is 7.11. The molecule has 0 atom stereocenters. The topological polar surface area (TPSA) is 41.4 Å². The van der Waals surface area contributed by atoms with Gasteiger partial charge in [0.15, 0.2) is 0 Å². The van der Waals surface area contributed by atoms with Crippen LogP contribution in [0.5, 0.6) is 0 Å². The summed E-state index contributed by atoms with van der Waals surface area (Å²) in [5.74, 6) is 1.10. The SMILES string of the molecule is Cc1nn(C)c(C)c1CN1CCC(Cc2ccc(CCC(=O)N3CCCC3)cc2)CC1. The van der Waals surface area contributed by atoms with Gasteiger partial charge in [-0.15, -0.1) is 0 Å². The van der Waals surface area contributed by atoms with Crippen LogP contribution in [-0.4, -0.2) is 51.7 Å². The number of carbonyl (C=O) groups excluding carboxylic acids is 1. The van der Waals surface area contributed by atoms with E-state index in [1.165, 1.54) is 73.3 Å². The third kappa shape index (κ3) is 5.57. The zero-order valence-electron chi connectivity index (χ0n) is 19.6. The Balaban J connectivity index is 1.21. The maximum Gasteiger partial charge on any atom is 0.222 e. The highest BCUT2D eigenvalue weighted by molar-refractivity contribution is 5.76. The Labute approximate surface area is 187 Å². The number of aryl methyl sites for hydroxylation is 3. The van der Waals surface area contributed by atoms with E-state index < -0.39 is 0 Å². The van der Waals surface area contributed by atoms with Crippen molar-refractivity contribution in [3.05, 3.63) is 52.3 Å².